The number of phenolic OH excluding ortho intramolecular Hbond substituents is 1. The topological polar surface area (TPSA) is 84.6 Å². The number of aliphatic hydroxyl groups is 1. The summed E-state index contributed by atoms with van der Waals surface area (Å²) in [4.78, 5) is 15.2. The summed E-state index contributed by atoms with van der Waals surface area (Å²) >= 11 is 0. The molecule has 0 radical (unpaired) electrons. The standard InChI is InChI=1S/C28H38N2O3.BrH/c1-27(2,3)22-13-19(14-23(25(22)33)28(4,5)6)24(32)16-30-15-20(17-31)21(26(30)29)12-18-10-8-7-9-11-18;/h7-11,13-14,20-21,29,31,33H,12,15-17H2,1-6H3;1H/t20-,21-;/m1./s1. The van der Waals surface area contributed by atoms with Crippen molar-refractivity contribution < 1.29 is 15.0 Å². The van der Waals surface area contributed by atoms with Crippen LogP contribution in [0.3, 0.4) is 0 Å². The van der Waals surface area contributed by atoms with E-state index in [1.54, 1.807) is 17.0 Å². The Bertz CT molecular complexity index is 987. The smallest absolute Gasteiger partial charge is 0.182 e. The zero-order valence-electron chi connectivity index (χ0n) is 21.2. The molecule has 34 heavy (non-hydrogen) atoms. The Morgan fingerprint density at radius 1 is 1.03 bits per heavy atom. The van der Waals surface area contributed by atoms with Crippen molar-refractivity contribution in [1.82, 2.24) is 4.90 Å². The maximum absolute atomic E-state index is 13.4. The Morgan fingerprint density at radius 2 is 1.56 bits per heavy atom. The van der Waals surface area contributed by atoms with Crippen molar-refractivity contribution in [3.05, 3.63) is 64.7 Å². The molecule has 1 aliphatic rings. The minimum Gasteiger partial charge on any atom is -0.507 e. The third kappa shape index (κ3) is 6.08. The van der Waals surface area contributed by atoms with Gasteiger partial charge >= 0.3 is 0 Å². The summed E-state index contributed by atoms with van der Waals surface area (Å²) in [6.07, 6.45) is 0.678. The number of rotatable bonds is 6. The van der Waals surface area contributed by atoms with Gasteiger partial charge < -0.3 is 15.1 Å². The fourth-order valence-electron chi connectivity index (χ4n) is 4.64. The summed E-state index contributed by atoms with van der Waals surface area (Å²) in [6.45, 7) is 12.7. The summed E-state index contributed by atoms with van der Waals surface area (Å²) in [5.41, 5.74) is 2.56. The van der Waals surface area contributed by atoms with E-state index < -0.39 is 0 Å². The highest BCUT2D eigenvalue weighted by Gasteiger charge is 2.38. The van der Waals surface area contributed by atoms with Gasteiger partial charge in [0.1, 0.15) is 11.6 Å². The average molecular weight is 532 g/mol. The Kier molecular flexibility index (Phi) is 8.76. The van der Waals surface area contributed by atoms with E-state index in [-0.39, 0.29) is 64.3 Å². The molecule has 1 saturated heterocycles. The van der Waals surface area contributed by atoms with Gasteiger partial charge in [0.15, 0.2) is 5.78 Å². The summed E-state index contributed by atoms with van der Waals surface area (Å²) in [6, 6.07) is 13.6. The number of benzene rings is 2. The van der Waals surface area contributed by atoms with Crippen molar-refractivity contribution in [2.24, 2.45) is 11.8 Å². The van der Waals surface area contributed by atoms with Gasteiger partial charge in [-0.25, -0.2) is 0 Å². The van der Waals surface area contributed by atoms with E-state index in [1.165, 1.54) is 0 Å². The predicted molar refractivity (Wildman–Crippen MR) is 144 cm³/mol. The number of hydrogen-bond donors (Lipinski definition) is 3. The van der Waals surface area contributed by atoms with Crippen molar-refractivity contribution in [2.75, 3.05) is 19.7 Å². The molecule has 1 heterocycles. The lowest BCUT2D eigenvalue weighted by Crippen LogP contribution is -2.33. The third-order valence-corrected chi connectivity index (χ3v) is 6.63. The zero-order valence-corrected chi connectivity index (χ0v) is 22.9. The van der Waals surface area contributed by atoms with Gasteiger partial charge in [-0.1, -0.05) is 71.9 Å². The van der Waals surface area contributed by atoms with Crippen LogP contribution in [0.5, 0.6) is 5.75 Å². The molecule has 3 N–H and O–H groups in total. The highest BCUT2D eigenvalue weighted by Crippen LogP contribution is 2.40. The van der Waals surface area contributed by atoms with E-state index in [9.17, 15) is 15.0 Å². The average Bonchev–Trinajstić information content (AvgIpc) is 3.02. The van der Waals surface area contributed by atoms with Gasteiger partial charge in [-0.15, -0.1) is 17.0 Å². The molecule has 186 valence electrons. The van der Waals surface area contributed by atoms with Gasteiger partial charge in [-0.2, -0.15) is 0 Å². The second kappa shape index (κ2) is 10.6. The molecule has 6 heteroatoms. The quantitative estimate of drug-likeness (QED) is 0.430. The number of aliphatic hydroxyl groups excluding tert-OH is 1. The molecule has 0 amide bonds. The molecule has 3 rings (SSSR count). The molecule has 0 spiro atoms. The Balaban J connectivity index is 0.00000408. The van der Waals surface area contributed by atoms with Crippen LogP contribution in [-0.4, -0.2) is 46.4 Å². The number of phenols is 1. The van der Waals surface area contributed by atoms with Crippen molar-refractivity contribution in [2.45, 2.75) is 58.8 Å². The first kappa shape index (κ1) is 28.1. The number of nitrogens with one attached hydrogen (secondary N) is 1. The molecular formula is C28H39BrN2O3. The summed E-state index contributed by atoms with van der Waals surface area (Å²) < 4.78 is 0. The fourth-order valence-corrected chi connectivity index (χ4v) is 4.64. The number of nitrogens with zero attached hydrogens (tertiary/aromatic N) is 1. The monoisotopic (exact) mass is 530 g/mol. The maximum atomic E-state index is 13.4. The highest BCUT2D eigenvalue weighted by atomic mass is 79.9. The maximum Gasteiger partial charge on any atom is 0.182 e. The molecule has 2 aromatic rings. The van der Waals surface area contributed by atoms with Gasteiger partial charge in [0, 0.05) is 41.7 Å². The van der Waals surface area contributed by atoms with E-state index in [1.807, 2.05) is 71.9 Å². The van der Waals surface area contributed by atoms with E-state index in [0.717, 1.165) is 16.7 Å². The number of hydrogen-bond acceptors (Lipinski definition) is 4. The molecule has 1 aliphatic heterocycles. The Morgan fingerprint density at radius 3 is 2.03 bits per heavy atom. The lowest BCUT2D eigenvalue weighted by atomic mass is 9.78. The minimum atomic E-state index is -0.316. The number of halogens is 1. The number of carbonyl (C=O) groups is 1. The second-order valence-corrected chi connectivity index (χ2v) is 11.3. The van der Waals surface area contributed by atoms with Crippen LogP contribution in [0, 0.1) is 17.2 Å². The van der Waals surface area contributed by atoms with Crippen LogP contribution >= 0.6 is 17.0 Å². The Labute approximate surface area is 214 Å². The van der Waals surface area contributed by atoms with Crippen LogP contribution in [-0.2, 0) is 17.3 Å². The van der Waals surface area contributed by atoms with Crippen LogP contribution in [0.1, 0.15) is 68.6 Å². The van der Waals surface area contributed by atoms with Crippen molar-refractivity contribution in [3.8, 4) is 5.75 Å². The van der Waals surface area contributed by atoms with Gasteiger partial charge in [0.2, 0.25) is 0 Å². The fraction of sp³-hybridized carbons (Fsp3) is 0.500. The molecule has 0 bridgehead atoms. The van der Waals surface area contributed by atoms with E-state index in [0.29, 0.717) is 24.4 Å². The summed E-state index contributed by atoms with van der Waals surface area (Å²) in [5.74, 6) is 0.412. The first-order chi connectivity index (χ1) is 15.3. The van der Waals surface area contributed by atoms with E-state index in [4.69, 9.17) is 5.41 Å². The lowest BCUT2D eigenvalue weighted by molar-refractivity contribution is 0.0959. The predicted octanol–water partition coefficient (Wildman–Crippen LogP) is 5.51. The van der Waals surface area contributed by atoms with Crippen LogP contribution in [0.25, 0.3) is 0 Å². The molecule has 0 aliphatic carbocycles. The van der Waals surface area contributed by atoms with Crippen LogP contribution in [0.4, 0.5) is 0 Å². The molecule has 2 aromatic carbocycles. The second-order valence-electron chi connectivity index (χ2n) is 11.3. The highest BCUT2D eigenvalue weighted by molar-refractivity contribution is 8.93. The van der Waals surface area contributed by atoms with Gasteiger partial charge in [0.25, 0.3) is 0 Å². The minimum absolute atomic E-state index is 0. The number of amidine groups is 1. The molecule has 5 nitrogen and oxygen atoms in total. The first-order valence-electron chi connectivity index (χ1n) is 11.7. The number of Topliss-reactive ketones (excluding diaryl/α,β-unsaturated/α-hetero) is 1. The summed E-state index contributed by atoms with van der Waals surface area (Å²) in [5, 5.41) is 29.6. The van der Waals surface area contributed by atoms with Gasteiger partial charge in [0.05, 0.1) is 6.54 Å². The largest absolute Gasteiger partial charge is 0.507 e. The number of ketones is 1. The zero-order chi connectivity index (χ0) is 24.6. The third-order valence-electron chi connectivity index (χ3n) is 6.63. The first-order valence-corrected chi connectivity index (χ1v) is 11.7. The molecule has 1 fully saturated rings. The molecule has 0 saturated carbocycles. The Hall–Kier alpha value is -2.18. The normalized spacial score (nSPS) is 18.7. The molecule has 2 atom stereocenters. The van der Waals surface area contributed by atoms with Crippen molar-refractivity contribution in [1.29, 1.82) is 5.41 Å². The number of carbonyl (C=O) groups excluding carboxylic acids is 1. The molecule has 0 unspecified atom stereocenters. The molecular weight excluding hydrogens is 492 g/mol. The molecule has 0 aromatic heterocycles. The van der Waals surface area contributed by atoms with Gasteiger partial charge in [-0.05, 0) is 34.9 Å². The van der Waals surface area contributed by atoms with Crippen LogP contribution in [0.2, 0.25) is 0 Å². The summed E-state index contributed by atoms with van der Waals surface area (Å²) in [7, 11) is 0. The number of aromatic hydroxyl groups is 1. The van der Waals surface area contributed by atoms with Crippen molar-refractivity contribution in [3.63, 3.8) is 0 Å². The van der Waals surface area contributed by atoms with Gasteiger partial charge in [-0.3, -0.25) is 10.2 Å². The van der Waals surface area contributed by atoms with Crippen LogP contribution in [0.15, 0.2) is 42.5 Å². The SMILES string of the molecule is Br.CC(C)(C)c1cc(C(=O)CN2C[C@H](CO)[C@@H](Cc3ccccc3)C2=N)cc(C(C)(C)C)c1O. The number of likely N-dealkylation sites (tertiary alicyclic amines) is 1. The lowest BCUT2D eigenvalue weighted by Gasteiger charge is -2.28. The van der Waals surface area contributed by atoms with E-state index in [2.05, 4.69) is 0 Å². The van der Waals surface area contributed by atoms with E-state index >= 15 is 0 Å². The van der Waals surface area contributed by atoms with Crippen molar-refractivity contribution >= 4 is 28.6 Å². The van der Waals surface area contributed by atoms with Crippen LogP contribution < -0.4 is 0 Å².